The van der Waals surface area contributed by atoms with Gasteiger partial charge in [0, 0.05) is 19.1 Å². The van der Waals surface area contributed by atoms with Crippen LogP contribution in [0.25, 0.3) is 0 Å². The van der Waals surface area contributed by atoms with Crippen molar-refractivity contribution in [3.8, 4) is 0 Å². The molecule has 0 aliphatic carbocycles. The molecule has 1 aliphatic rings. The van der Waals surface area contributed by atoms with Crippen molar-refractivity contribution in [1.29, 1.82) is 0 Å². The van der Waals surface area contributed by atoms with Gasteiger partial charge in [-0.3, -0.25) is 4.90 Å². The topological polar surface area (TPSA) is 61.4 Å². The smallest absolute Gasteiger partial charge is 0.276 e. The van der Waals surface area contributed by atoms with Crippen LogP contribution in [0.4, 0.5) is 0 Å². The van der Waals surface area contributed by atoms with Gasteiger partial charge >= 0.3 is 0 Å². The van der Waals surface area contributed by atoms with E-state index in [-0.39, 0.29) is 6.04 Å². The van der Waals surface area contributed by atoms with Gasteiger partial charge in [0.25, 0.3) is 10.2 Å². The van der Waals surface area contributed by atoms with Crippen molar-refractivity contribution in [2.75, 3.05) is 26.2 Å². The number of likely N-dealkylation sites (tertiary alicyclic amines) is 1. The summed E-state index contributed by atoms with van der Waals surface area (Å²) in [6, 6.07) is 10.5. The highest BCUT2D eigenvalue weighted by Gasteiger charge is 2.22. The summed E-state index contributed by atoms with van der Waals surface area (Å²) in [6.45, 7) is 4.99. The molecule has 1 aromatic carbocycles. The third-order valence-corrected chi connectivity index (χ3v) is 5.40. The Morgan fingerprint density at radius 2 is 1.78 bits per heavy atom. The molecule has 23 heavy (non-hydrogen) atoms. The molecule has 0 bridgehead atoms. The van der Waals surface area contributed by atoms with E-state index in [2.05, 4.69) is 26.5 Å². The van der Waals surface area contributed by atoms with Gasteiger partial charge in [0.05, 0.1) is 0 Å². The average Bonchev–Trinajstić information content (AvgIpc) is 2.58. The number of nitrogens with zero attached hydrogens (tertiary/aromatic N) is 1. The second-order valence-electron chi connectivity index (χ2n) is 6.19. The molecule has 1 atom stereocenters. The third-order valence-electron chi connectivity index (χ3n) is 4.27. The lowest BCUT2D eigenvalue weighted by Crippen LogP contribution is -2.49. The maximum atomic E-state index is 12.0. The molecule has 0 spiro atoms. The number of hydrogen-bond donors (Lipinski definition) is 2. The maximum Gasteiger partial charge on any atom is 0.276 e. The van der Waals surface area contributed by atoms with E-state index >= 15 is 0 Å². The molecule has 1 aliphatic heterocycles. The third kappa shape index (κ3) is 6.59. The van der Waals surface area contributed by atoms with E-state index in [0.717, 1.165) is 25.9 Å². The van der Waals surface area contributed by atoms with E-state index in [9.17, 15) is 8.42 Å². The fourth-order valence-electron chi connectivity index (χ4n) is 2.99. The number of benzene rings is 1. The SMILES string of the molecule is CCCNS(=O)(=O)NCC(Cc1ccccc1)N1CCCCC1. The molecule has 1 fully saturated rings. The molecule has 0 aromatic heterocycles. The predicted molar refractivity (Wildman–Crippen MR) is 94.6 cm³/mol. The van der Waals surface area contributed by atoms with E-state index < -0.39 is 10.2 Å². The van der Waals surface area contributed by atoms with E-state index in [0.29, 0.717) is 13.1 Å². The molecule has 5 nitrogen and oxygen atoms in total. The normalized spacial score (nSPS) is 18.0. The predicted octanol–water partition coefficient (Wildman–Crippen LogP) is 1.92. The number of nitrogens with one attached hydrogen (secondary N) is 2. The molecule has 2 rings (SSSR count). The Bertz CT molecular complexity index is 542. The first-order chi connectivity index (χ1) is 11.1. The summed E-state index contributed by atoms with van der Waals surface area (Å²) in [5, 5.41) is 0. The molecular formula is C17H29N3O2S. The molecule has 2 N–H and O–H groups in total. The summed E-state index contributed by atoms with van der Waals surface area (Å²) in [6.07, 6.45) is 5.34. The number of hydrogen-bond acceptors (Lipinski definition) is 3. The Morgan fingerprint density at radius 1 is 1.09 bits per heavy atom. The summed E-state index contributed by atoms with van der Waals surface area (Å²) in [4.78, 5) is 2.43. The average molecular weight is 340 g/mol. The highest BCUT2D eigenvalue weighted by atomic mass is 32.2. The van der Waals surface area contributed by atoms with Crippen LogP contribution in [-0.2, 0) is 16.6 Å². The second-order valence-corrected chi connectivity index (χ2v) is 7.77. The zero-order chi connectivity index (χ0) is 16.5. The Morgan fingerprint density at radius 3 is 2.43 bits per heavy atom. The standard InChI is InChI=1S/C17H29N3O2S/c1-2-11-18-23(21,22)19-15-17(20-12-7-4-8-13-20)14-16-9-5-3-6-10-16/h3,5-6,9-10,17-19H,2,4,7-8,11-15H2,1H3. The van der Waals surface area contributed by atoms with Crippen LogP contribution in [0.15, 0.2) is 30.3 Å². The van der Waals surface area contributed by atoms with Gasteiger partial charge < -0.3 is 0 Å². The van der Waals surface area contributed by atoms with Crippen LogP contribution < -0.4 is 9.44 Å². The molecule has 1 saturated heterocycles. The van der Waals surface area contributed by atoms with Crippen LogP contribution in [0.1, 0.15) is 38.2 Å². The van der Waals surface area contributed by atoms with Gasteiger partial charge in [0.15, 0.2) is 0 Å². The van der Waals surface area contributed by atoms with Gasteiger partial charge in [-0.25, -0.2) is 9.44 Å². The molecule has 0 radical (unpaired) electrons. The van der Waals surface area contributed by atoms with Crippen molar-refractivity contribution in [1.82, 2.24) is 14.3 Å². The Hall–Kier alpha value is -0.950. The monoisotopic (exact) mass is 339 g/mol. The Balaban J connectivity index is 1.98. The summed E-state index contributed by atoms with van der Waals surface area (Å²) in [5.41, 5.74) is 1.25. The number of rotatable bonds is 9. The second kappa shape index (κ2) is 9.37. The number of piperidine rings is 1. The van der Waals surface area contributed by atoms with Gasteiger partial charge in [-0.15, -0.1) is 0 Å². The van der Waals surface area contributed by atoms with Crippen LogP contribution in [-0.4, -0.2) is 45.5 Å². The summed E-state index contributed by atoms with van der Waals surface area (Å²) in [5.74, 6) is 0. The van der Waals surface area contributed by atoms with Crippen molar-refractivity contribution in [2.24, 2.45) is 0 Å². The first-order valence-corrected chi connectivity index (χ1v) is 10.1. The van der Waals surface area contributed by atoms with Gasteiger partial charge in [-0.1, -0.05) is 43.7 Å². The van der Waals surface area contributed by atoms with Crippen LogP contribution in [0.3, 0.4) is 0 Å². The van der Waals surface area contributed by atoms with Crippen molar-refractivity contribution in [3.05, 3.63) is 35.9 Å². The highest BCUT2D eigenvalue weighted by Crippen LogP contribution is 2.15. The van der Waals surface area contributed by atoms with Gasteiger partial charge in [-0.2, -0.15) is 8.42 Å². The highest BCUT2D eigenvalue weighted by molar-refractivity contribution is 7.87. The van der Waals surface area contributed by atoms with Crippen molar-refractivity contribution in [3.63, 3.8) is 0 Å². The lowest BCUT2D eigenvalue weighted by atomic mass is 10.0. The van der Waals surface area contributed by atoms with E-state index in [4.69, 9.17) is 0 Å². The summed E-state index contributed by atoms with van der Waals surface area (Å²) >= 11 is 0. The van der Waals surface area contributed by atoms with Gasteiger partial charge in [0.1, 0.15) is 0 Å². The van der Waals surface area contributed by atoms with E-state index in [1.807, 2.05) is 25.1 Å². The molecule has 1 unspecified atom stereocenters. The molecular weight excluding hydrogens is 310 g/mol. The first-order valence-electron chi connectivity index (χ1n) is 8.63. The molecule has 6 heteroatoms. The Kier molecular flexibility index (Phi) is 7.49. The van der Waals surface area contributed by atoms with E-state index in [1.165, 1.54) is 24.8 Å². The minimum Gasteiger partial charge on any atom is -0.299 e. The zero-order valence-corrected chi connectivity index (χ0v) is 14.8. The molecule has 1 heterocycles. The summed E-state index contributed by atoms with van der Waals surface area (Å²) in [7, 11) is -3.40. The summed E-state index contributed by atoms with van der Waals surface area (Å²) < 4.78 is 29.3. The fraction of sp³-hybridized carbons (Fsp3) is 0.647. The minimum atomic E-state index is -3.40. The molecule has 130 valence electrons. The lowest BCUT2D eigenvalue weighted by molar-refractivity contribution is 0.163. The molecule has 0 saturated carbocycles. The lowest BCUT2D eigenvalue weighted by Gasteiger charge is -2.34. The van der Waals surface area contributed by atoms with Crippen LogP contribution >= 0.6 is 0 Å². The van der Waals surface area contributed by atoms with E-state index in [1.54, 1.807) is 0 Å². The first kappa shape index (κ1) is 18.4. The van der Waals surface area contributed by atoms with Crippen molar-refractivity contribution in [2.45, 2.75) is 45.1 Å². The van der Waals surface area contributed by atoms with Gasteiger partial charge in [0.2, 0.25) is 0 Å². The van der Waals surface area contributed by atoms with Crippen molar-refractivity contribution < 1.29 is 8.42 Å². The molecule has 0 amide bonds. The van der Waals surface area contributed by atoms with Crippen LogP contribution in [0.2, 0.25) is 0 Å². The minimum absolute atomic E-state index is 0.205. The Labute approximate surface area is 140 Å². The fourth-order valence-corrected chi connectivity index (χ4v) is 3.98. The van der Waals surface area contributed by atoms with Crippen LogP contribution in [0.5, 0.6) is 0 Å². The van der Waals surface area contributed by atoms with Crippen LogP contribution in [0, 0.1) is 0 Å². The van der Waals surface area contributed by atoms with Gasteiger partial charge in [-0.05, 0) is 44.3 Å². The molecule has 1 aromatic rings. The zero-order valence-electron chi connectivity index (χ0n) is 14.0. The maximum absolute atomic E-state index is 12.0. The largest absolute Gasteiger partial charge is 0.299 e. The van der Waals surface area contributed by atoms with Crippen molar-refractivity contribution >= 4 is 10.2 Å². The quantitative estimate of drug-likeness (QED) is 0.722.